The quantitative estimate of drug-likeness (QED) is 0.0891. The first-order valence-electron chi connectivity index (χ1n) is 25.3. The molecule has 0 saturated carbocycles. The Morgan fingerprint density at radius 1 is 0.757 bits per heavy atom. The van der Waals surface area contributed by atoms with Gasteiger partial charge < -0.3 is 54.5 Å². The molecule has 0 radical (unpaired) electrons. The number of hydrogen-bond donors (Lipinski definition) is 5. The Kier molecular flexibility index (Phi) is 13.0. The molecule has 4 saturated heterocycles. The zero-order valence-electron chi connectivity index (χ0n) is 41.1. The lowest BCUT2D eigenvalue weighted by Crippen LogP contribution is -2.55. The lowest BCUT2D eigenvalue weighted by atomic mass is 9.85. The number of imidazole rings is 2. The number of aromatic nitrogens is 4. The molecule has 5 aromatic rings. The van der Waals surface area contributed by atoms with Crippen molar-refractivity contribution >= 4 is 45.8 Å². The van der Waals surface area contributed by atoms with Crippen LogP contribution in [0.3, 0.4) is 0 Å². The van der Waals surface area contributed by atoms with Crippen LogP contribution in [0.15, 0.2) is 48.7 Å². The molecule has 17 nitrogen and oxygen atoms in total. The van der Waals surface area contributed by atoms with Gasteiger partial charge in [-0.1, -0.05) is 18.2 Å². The van der Waals surface area contributed by atoms with Crippen LogP contribution in [0.5, 0.6) is 5.75 Å². The van der Waals surface area contributed by atoms with Crippen LogP contribution >= 0.6 is 0 Å². The number of carbonyl (C=O) groups is 4. The lowest BCUT2D eigenvalue weighted by molar-refractivity contribution is -0.141. The fraction of sp³-hybridized carbons (Fsp3) is 0.547. The topological polar surface area (TPSA) is 213 Å². The molecule has 0 unspecified atom stereocenters. The van der Waals surface area contributed by atoms with Crippen molar-refractivity contribution in [2.75, 3.05) is 6.61 Å². The number of H-pyrrole nitrogens is 2. The zero-order valence-corrected chi connectivity index (χ0v) is 41.1. The highest BCUT2D eigenvalue weighted by molar-refractivity contribution is 6.07. The third-order valence-corrected chi connectivity index (χ3v) is 15.5. The Labute approximate surface area is 407 Å². The van der Waals surface area contributed by atoms with Crippen LogP contribution in [0.4, 0.5) is 9.59 Å². The Morgan fingerprint density at radius 3 is 1.99 bits per heavy atom. The Morgan fingerprint density at radius 2 is 1.37 bits per heavy atom. The van der Waals surface area contributed by atoms with Crippen molar-refractivity contribution in [2.24, 2.45) is 11.8 Å². The molecule has 0 bridgehead atoms. The molecule has 3 aromatic carbocycles. The van der Waals surface area contributed by atoms with Gasteiger partial charge in [-0.2, -0.15) is 0 Å². The second-order valence-electron chi connectivity index (χ2n) is 20.6. The number of ether oxygens (including phenoxy) is 4. The summed E-state index contributed by atoms with van der Waals surface area (Å²) in [6, 6.07) is 12.2. The maximum absolute atomic E-state index is 14.7. The molecule has 10 atom stereocenters. The van der Waals surface area contributed by atoms with E-state index in [9.17, 15) is 24.3 Å². The van der Waals surface area contributed by atoms with Gasteiger partial charge in [-0.3, -0.25) is 9.59 Å². The maximum atomic E-state index is 14.7. The molecule has 0 spiro atoms. The van der Waals surface area contributed by atoms with Gasteiger partial charge in [0.2, 0.25) is 11.8 Å². The number of amides is 4. The number of carbonyl (C=O) groups excluding carboxylic acids is 3. The molecular weight excluding hydrogens is 893 g/mol. The van der Waals surface area contributed by atoms with Crippen LogP contribution in [0.2, 0.25) is 0 Å². The minimum Gasteiger partial charge on any atom is -0.488 e. The maximum Gasteiger partial charge on any atom is 0.407 e. The summed E-state index contributed by atoms with van der Waals surface area (Å²) < 4.78 is 23.7. The number of benzene rings is 3. The number of nitrogens with one attached hydrogen (secondary N) is 4. The molecule has 5 aliphatic rings. The molecule has 5 aliphatic heterocycles. The minimum absolute atomic E-state index is 0.0400. The van der Waals surface area contributed by atoms with Crippen molar-refractivity contribution in [3.8, 4) is 28.1 Å². The smallest absolute Gasteiger partial charge is 0.407 e. The first-order valence-corrected chi connectivity index (χ1v) is 25.3. The first kappa shape index (κ1) is 47.5. The Hall–Kier alpha value is -6.20. The summed E-state index contributed by atoms with van der Waals surface area (Å²) in [7, 11) is 0. The van der Waals surface area contributed by atoms with Crippen molar-refractivity contribution in [3.05, 3.63) is 65.9 Å². The summed E-state index contributed by atoms with van der Waals surface area (Å²) in [5.41, 5.74) is 6.48. The van der Waals surface area contributed by atoms with E-state index in [4.69, 9.17) is 28.9 Å². The van der Waals surface area contributed by atoms with Gasteiger partial charge in [0.1, 0.15) is 36.1 Å². The van der Waals surface area contributed by atoms with Crippen molar-refractivity contribution in [1.29, 1.82) is 0 Å². The van der Waals surface area contributed by atoms with Crippen LogP contribution in [-0.4, -0.2) is 114 Å². The van der Waals surface area contributed by atoms with Gasteiger partial charge in [0.05, 0.1) is 66.0 Å². The molecule has 17 heteroatoms. The van der Waals surface area contributed by atoms with Crippen LogP contribution in [0, 0.1) is 11.8 Å². The van der Waals surface area contributed by atoms with E-state index in [1.165, 1.54) is 0 Å². The number of likely N-dealkylation sites (tertiary alicyclic amines) is 2. The fourth-order valence-corrected chi connectivity index (χ4v) is 12.5. The molecule has 70 heavy (non-hydrogen) atoms. The van der Waals surface area contributed by atoms with E-state index < -0.39 is 24.3 Å². The predicted octanol–water partition coefficient (Wildman–Crippen LogP) is 8.93. The van der Waals surface area contributed by atoms with Crippen molar-refractivity contribution < 1.29 is 43.2 Å². The van der Waals surface area contributed by atoms with Gasteiger partial charge in [-0.15, -0.1) is 0 Å². The number of hydrogen-bond acceptors (Lipinski definition) is 10. The summed E-state index contributed by atoms with van der Waals surface area (Å²) in [5, 5.41) is 17.3. The molecule has 5 N–H and O–H groups in total. The van der Waals surface area contributed by atoms with E-state index >= 15 is 0 Å². The van der Waals surface area contributed by atoms with Gasteiger partial charge in [-0.25, -0.2) is 19.6 Å². The van der Waals surface area contributed by atoms with Gasteiger partial charge in [0.15, 0.2) is 0 Å². The van der Waals surface area contributed by atoms with Gasteiger partial charge in [0, 0.05) is 23.0 Å². The summed E-state index contributed by atoms with van der Waals surface area (Å²) in [5.74, 6) is 1.50. The van der Waals surface area contributed by atoms with Crippen molar-refractivity contribution in [1.82, 2.24) is 40.4 Å². The van der Waals surface area contributed by atoms with E-state index in [0.29, 0.717) is 50.4 Å². The number of fused-ring (bicyclic) bond motifs is 6. The van der Waals surface area contributed by atoms with Gasteiger partial charge in [-0.05, 0) is 158 Å². The second-order valence-corrected chi connectivity index (χ2v) is 20.6. The highest BCUT2D eigenvalue weighted by Gasteiger charge is 2.46. The number of nitrogens with zero attached hydrogens (tertiary/aromatic N) is 4. The zero-order chi connectivity index (χ0) is 49.1. The largest absolute Gasteiger partial charge is 0.488 e. The van der Waals surface area contributed by atoms with Crippen LogP contribution < -0.4 is 15.4 Å². The minimum atomic E-state index is -1.21. The Balaban J connectivity index is 0.890. The van der Waals surface area contributed by atoms with Crippen LogP contribution in [-0.2, 0) is 30.4 Å². The number of alkyl carbamates (subject to hydrolysis) is 1. The van der Waals surface area contributed by atoms with Gasteiger partial charge in [0.25, 0.3) is 0 Å². The van der Waals surface area contributed by atoms with Crippen LogP contribution in [0.25, 0.3) is 44.2 Å². The van der Waals surface area contributed by atoms with E-state index in [2.05, 4.69) is 63.9 Å². The molecule has 2 aromatic heterocycles. The molecule has 372 valence electrons. The van der Waals surface area contributed by atoms with Crippen molar-refractivity contribution in [2.45, 2.75) is 167 Å². The average molecular weight is 959 g/mol. The normalized spacial score (nSPS) is 28.4. The molecule has 0 aliphatic carbocycles. The third kappa shape index (κ3) is 9.06. The van der Waals surface area contributed by atoms with Crippen LogP contribution in [0.1, 0.15) is 129 Å². The highest BCUT2D eigenvalue weighted by atomic mass is 16.5. The Bertz CT molecular complexity index is 2790. The molecular formula is C53H66N8O9. The van der Waals surface area contributed by atoms with Crippen molar-refractivity contribution in [3.63, 3.8) is 0 Å². The van der Waals surface area contributed by atoms with E-state index in [1.807, 2.05) is 50.5 Å². The highest BCUT2D eigenvalue weighted by Crippen LogP contribution is 2.45. The van der Waals surface area contributed by atoms with E-state index in [1.54, 1.807) is 13.1 Å². The van der Waals surface area contributed by atoms with E-state index in [0.717, 1.165) is 74.8 Å². The fourth-order valence-electron chi connectivity index (χ4n) is 12.5. The summed E-state index contributed by atoms with van der Waals surface area (Å²) in [4.78, 5) is 74.8. The first-order chi connectivity index (χ1) is 33.6. The standard InChI is InChI=1S/C53H66N8O9/c1-8-67-53(66)59-46(35-19-30(6)70-31(7)20-35)51(63)61-27(3)10-16-43(61)49-55-40-14-12-32-22-39-37-13-11-33(21-36(37)25-68-44(39)23-38(32)47(40)57-49)41-24-54-48(56-41)42-15-9-26(2)60(42)50(62)45(58-52(64)65)34-17-28(4)69-29(5)18-34/h11-14,21-24,26-31,34-35,42-43,45-46,58H,8-10,15-20,25H2,1-7H3,(H,54,56)(H,55,57)(H,59,66)(H,64,65)/t26-,27-,28+,29+,30+,31+,42-,43-,45-,46-/m0/s1. The monoisotopic (exact) mass is 958 g/mol. The average Bonchev–Trinajstić information content (AvgIpc) is 4.14. The van der Waals surface area contributed by atoms with Gasteiger partial charge >= 0.3 is 12.2 Å². The number of rotatable bonds is 10. The summed E-state index contributed by atoms with van der Waals surface area (Å²) in [6.45, 7) is 14.4. The molecule has 4 fully saturated rings. The predicted molar refractivity (Wildman–Crippen MR) is 262 cm³/mol. The summed E-state index contributed by atoms with van der Waals surface area (Å²) in [6.07, 6.45) is 5.27. The number of carboxylic acid groups (broad SMARTS) is 1. The molecule has 10 rings (SSSR count). The molecule has 4 amide bonds. The lowest BCUT2D eigenvalue weighted by Gasteiger charge is -2.39. The SMILES string of the molecule is CCOC(=O)N[C@H](C(=O)N1[C@@H](C)CC[C@H]1c1nc2c(ccc3cc4c(cc32)OCc2cc(-c3cnc([C@@H]5CC[C@H](C)N5C(=O)[C@@H](NC(=O)O)C5C[C@@H](C)O[C@H](C)C5)[nH]3)ccc2-4)[nH]1)C1C[C@@H](C)O[C@H](C)C1. The van der Waals surface area contributed by atoms with E-state index in [-0.39, 0.29) is 78.8 Å². The summed E-state index contributed by atoms with van der Waals surface area (Å²) >= 11 is 0. The number of aromatic amines is 2. The molecule has 7 heterocycles. The second kappa shape index (κ2) is 19.2. The third-order valence-electron chi connectivity index (χ3n) is 15.5.